The van der Waals surface area contributed by atoms with Crippen LogP contribution in [0.3, 0.4) is 0 Å². The van der Waals surface area contributed by atoms with Crippen LogP contribution < -0.4 is 0 Å². The normalized spacial score (nSPS) is 11.7. The molecule has 2 heterocycles. The molecule has 2 aromatic heterocycles. The first-order chi connectivity index (χ1) is 11.1. The number of hydrogen-bond donors (Lipinski definition) is 0. The molecule has 1 nitrogen and oxygen atoms in total. The maximum absolute atomic E-state index is 4.62. The van der Waals surface area contributed by atoms with Gasteiger partial charge in [-0.1, -0.05) is 0 Å². The Morgan fingerprint density at radius 1 is 0.913 bits per heavy atom. The first-order valence-electron chi connectivity index (χ1n) is 8.02. The SMILES string of the molecule is Cc1ccnc(-c2cccc3c2[se]c2c(C(C)C)cccc23)c1. The number of nitrogens with zero attached hydrogens (tertiary/aromatic N) is 1. The second-order valence-electron chi connectivity index (χ2n) is 6.38. The molecule has 4 aromatic rings. The molecule has 0 aliphatic rings. The van der Waals surface area contributed by atoms with Crippen molar-refractivity contribution in [2.45, 2.75) is 26.7 Å². The van der Waals surface area contributed by atoms with Crippen LogP contribution in [0, 0.1) is 6.92 Å². The third kappa shape index (κ3) is 2.43. The molecule has 114 valence electrons. The van der Waals surface area contributed by atoms with Crippen LogP contribution in [0.2, 0.25) is 0 Å². The van der Waals surface area contributed by atoms with Gasteiger partial charge in [0, 0.05) is 0 Å². The van der Waals surface area contributed by atoms with E-state index in [0.717, 1.165) is 5.69 Å². The Balaban J connectivity index is 2.08. The Morgan fingerprint density at radius 3 is 2.39 bits per heavy atom. The van der Waals surface area contributed by atoms with Crippen molar-refractivity contribution < 1.29 is 0 Å². The van der Waals surface area contributed by atoms with Crippen LogP contribution in [0.1, 0.15) is 30.9 Å². The van der Waals surface area contributed by atoms with Gasteiger partial charge in [-0.05, 0) is 0 Å². The third-order valence-corrected chi connectivity index (χ3v) is 7.10. The van der Waals surface area contributed by atoms with E-state index in [4.69, 9.17) is 0 Å². The number of pyridine rings is 1. The van der Waals surface area contributed by atoms with Crippen molar-refractivity contribution >= 4 is 33.8 Å². The molecule has 0 aliphatic heterocycles. The summed E-state index contributed by atoms with van der Waals surface area (Å²) in [4.78, 5) is 4.62. The Labute approximate surface area is 142 Å². The first-order valence-corrected chi connectivity index (χ1v) is 9.73. The van der Waals surface area contributed by atoms with E-state index in [1.807, 2.05) is 6.20 Å². The number of fused-ring (bicyclic) bond motifs is 3. The zero-order chi connectivity index (χ0) is 16.0. The summed E-state index contributed by atoms with van der Waals surface area (Å²) in [5, 5.41) is 2.84. The Morgan fingerprint density at radius 2 is 1.65 bits per heavy atom. The van der Waals surface area contributed by atoms with Gasteiger partial charge in [0.25, 0.3) is 0 Å². The fourth-order valence-electron chi connectivity index (χ4n) is 3.18. The minimum atomic E-state index is 0.355. The molecule has 2 heteroatoms. The topological polar surface area (TPSA) is 12.9 Å². The first kappa shape index (κ1) is 14.7. The molecule has 0 amide bonds. The van der Waals surface area contributed by atoms with Gasteiger partial charge in [-0.15, -0.1) is 0 Å². The summed E-state index contributed by atoms with van der Waals surface area (Å²) >= 11 is 0.355. The second kappa shape index (κ2) is 5.63. The Hall–Kier alpha value is -1.89. The van der Waals surface area contributed by atoms with Gasteiger partial charge in [-0.25, -0.2) is 0 Å². The Kier molecular flexibility index (Phi) is 3.60. The number of benzene rings is 2. The predicted octanol–water partition coefficient (Wildman–Crippen LogP) is 5.54. The van der Waals surface area contributed by atoms with Crippen molar-refractivity contribution in [2.24, 2.45) is 0 Å². The second-order valence-corrected chi connectivity index (χ2v) is 8.52. The van der Waals surface area contributed by atoms with Gasteiger partial charge in [-0.2, -0.15) is 0 Å². The van der Waals surface area contributed by atoms with Crippen LogP contribution in [-0.2, 0) is 0 Å². The maximum atomic E-state index is 4.62. The molecule has 0 unspecified atom stereocenters. The summed E-state index contributed by atoms with van der Waals surface area (Å²) in [5.74, 6) is 0.571. The van der Waals surface area contributed by atoms with Crippen molar-refractivity contribution in [1.82, 2.24) is 4.98 Å². The van der Waals surface area contributed by atoms with Crippen LogP contribution >= 0.6 is 0 Å². The molecule has 0 atom stereocenters. The van der Waals surface area contributed by atoms with Crippen molar-refractivity contribution in [3.63, 3.8) is 0 Å². The predicted molar refractivity (Wildman–Crippen MR) is 100 cm³/mol. The van der Waals surface area contributed by atoms with Gasteiger partial charge >= 0.3 is 143 Å². The van der Waals surface area contributed by atoms with Gasteiger partial charge in [0.05, 0.1) is 0 Å². The number of aromatic nitrogens is 1. The number of hydrogen-bond acceptors (Lipinski definition) is 1. The molecule has 23 heavy (non-hydrogen) atoms. The van der Waals surface area contributed by atoms with Crippen LogP contribution in [0.5, 0.6) is 0 Å². The molecule has 0 N–H and O–H groups in total. The molecule has 0 bridgehead atoms. The monoisotopic (exact) mass is 365 g/mol. The van der Waals surface area contributed by atoms with Gasteiger partial charge in [0.1, 0.15) is 0 Å². The van der Waals surface area contributed by atoms with Crippen molar-refractivity contribution in [3.05, 3.63) is 65.9 Å². The van der Waals surface area contributed by atoms with E-state index >= 15 is 0 Å². The van der Waals surface area contributed by atoms with Crippen LogP contribution in [0.4, 0.5) is 0 Å². The summed E-state index contributed by atoms with van der Waals surface area (Å²) in [7, 11) is 0. The van der Waals surface area contributed by atoms with E-state index in [1.165, 1.54) is 31.7 Å². The summed E-state index contributed by atoms with van der Waals surface area (Å²) in [6, 6.07) is 17.7. The standard InChI is InChI=1S/C21H19NSe/c1-13(2)15-6-4-7-16-17-8-5-9-18(21(17)23-20(15)16)19-12-14(3)10-11-22-19/h4-13H,1-3H3. The summed E-state index contributed by atoms with van der Waals surface area (Å²) < 4.78 is 3.05. The van der Waals surface area contributed by atoms with E-state index in [2.05, 4.69) is 74.3 Å². The van der Waals surface area contributed by atoms with E-state index in [1.54, 1.807) is 4.26 Å². The van der Waals surface area contributed by atoms with Gasteiger partial charge in [-0.3, -0.25) is 0 Å². The van der Waals surface area contributed by atoms with Gasteiger partial charge in [0.15, 0.2) is 0 Å². The molecular weight excluding hydrogens is 345 g/mol. The van der Waals surface area contributed by atoms with E-state index < -0.39 is 0 Å². The van der Waals surface area contributed by atoms with Crippen molar-refractivity contribution in [2.75, 3.05) is 0 Å². The molecule has 0 radical (unpaired) electrons. The van der Waals surface area contributed by atoms with E-state index in [0.29, 0.717) is 20.4 Å². The molecule has 4 rings (SSSR count). The van der Waals surface area contributed by atoms with Crippen LogP contribution in [-0.4, -0.2) is 19.5 Å². The summed E-state index contributed by atoms with van der Waals surface area (Å²) in [5.41, 5.74) is 5.17. The van der Waals surface area contributed by atoms with Gasteiger partial charge in [0.2, 0.25) is 0 Å². The summed E-state index contributed by atoms with van der Waals surface area (Å²) in [6.45, 7) is 6.71. The average Bonchev–Trinajstić information content (AvgIpc) is 2.93. The third-order valence-electron chi connectivity index (χ3n) is 4.37. The zero-order valence-electron chi connectivity index (χ0n) is 13.6. The molecule has 0 saturated carbocycles. The van der Waals surface area contributed by atoms with Crippen LogP contribution in [0.25, 0.3) is 30.6 Å². The van der Waals surface area contributed by atoms with E-state index in [9.17, 15) is 0 Å². The molecule has 0 aliphatic carbocycles. The molecule has 0 fully saturated rings. The summed E-state index contributed by atoms with van der Waals surface area (Å²) in [6.07, 6.45) is 1.92. The number of rotatable bonds is 2. The molecular formula is C21H19NSe. The minimum absolute atomic E-state index is 0.355. The van der Waals surface area contributed by atoms with Gasteiger partial charge < -0.3 is 0 Å². The zero-order valence-corrected chi connectivity index (χ0v) is 15.3. The fourth-order valence-corrected chi connectivity index (χ4v) is 6.30. The van der Waals surface area contributed by atoms with E-state index in [-0.39, 0.29) is 0 Å². The number of aryl methyl sites for hydroxylation is 1. The quantitative estimate of drug-likeness (QED) is 0.425. The molecule has 0 saturated heterocycles. The van der Waals surface area contributed by atoms with Crippen molar-refractivity contribution in [1.29, 1.82) is 0 Å². The van der Waals surface area contributed by atoms with Crippen molar-refractivity contribution in [3.8, 4) is 11.3 Å². The molecule has 0 spiro atoms. The molecule has 2 aromatic carbocycles. The average molecular weight is 364 g/mol. The van der Waals surface area contributed by atoms with Crippen LogP contribution in [0.15, 0.2) is 54.7 Å². The Bertz CT molecular complexity index is 1010. The fraction of sp³-hybridized carbons (Fsp3) is 0.190.